The van der Waals surface area contributed by atoms with Gasteiger partial charge in [-0.15, -0.1) is 0 Å². The lowest BCUT2D eigenvalue weighted by molar-refractivity contribution is -0.302. The molecule has 0 radical (unpaired) electrons. The van der Waals surface area contributed by atoms with Crippen LogP contribution in [0.25, 0.3) is 0 Å². The van der Waals surface area contributed by atoms with E-state index in [1.54, 1.807) is 0 Å². The van der Waals surface area contributed by atoms with Gasteiger partial charge in [0.05, 0.1) is 0 Å². The highest BCUT2D eigenvalue weighted by Crippen LogP contribution is 2.67. The van der Waals surface area contributed by atoms with Crippen molar-refractivity contribution in [2.24, 2.45) is 0 Å². The summed E-state index contributed by atoms with van der Waals surface area (Å²) in [7, 11) is -5.95. The minimum Gasteiger partial charge on any atom is -0.322 e. The van der Waals surface area contributed by atoms with Crippen LogP contribution < -0.4 is 0 Å². The molecule has 0 saturated carbocycles. The Morgan fingerprint density at radius 3 is 1.00 bits per heavy atom. The van der Waals surface area contributed by atoms with Crippen molar-refractivity contribution in [1.82, 2.24) is 0 Å². The molecule has 0 aliphatic carbocycles. The zero-order valence-electron chi connectivity index (χ0n) is 7.97. The number of hydrogen-bond acceptors (Lipinski definition) is 1. The third-order valence-electron chi connectivity index (χ3n) is 1.27. The predicted molar refractivity (Wildman–Crippen MR) is 36.0 cm³/mol. The number of hydrogen-bond donors (Lipinski definition) is 0. The number of rotatable bonds is 2. The lowest BCUT2D eigenvalue weighted by Gasteiger charge is -2.29. The van der Waals surface area contributed by atoms with Gasteiger partial charge in [-0.2, -0.15) is 52.7 Å². The van der Waals surface area contributed by atoms with Crippen molar-refractivity contribution >= 4 is 8.15 Å². The maximum Gasteiger partial charge on any atom is 0.439 e. The van der Waals surface area contributed by atoms with Crippen LogP contribution in [0.4, 0.5) is 52.7 Å². The molecule has 0 spiro atoms. The normalized spacial score (nSPS) is 15.5. The van der Waals surface area contributed by atoms with Gasteiger partial charge in [0.15, 0.2) is 0 Å². The van der Waals surface area contributed by atoms with E-state index in [4.69, 9.17) is 0 Å². The average Bonchev–Trinajstić information content (AvgIpc) is 1.91. The molecule has 0 bridgehead atoms. The van der Waals surface area contributed by atoms with Crippen molar-refractivity contribution < 1.29 is 57.2 Å². The molecule has 0 atom stereocenters. The second-order valence-corrected chi connectivity index (χ2v) is 4.61. The van der Waals surface area contributed by atoms with Crippen LogP contribution in [0.3, 0.4) is 0 Å². The summed E-state index contributed by atoms with van der Waals surface area (Å²) < 4.78 is 144. The molecule has 0 aromatic heterocycles. The SMILES string of the molecule is FC(F)(F)C(OP(C(F)(F)F)C(F)(F)F)C(F)(F)F. The minimum absolute atomic E-state index is 2.27. The van der Waals surface area contributed by atoms with Crippen LogP contribution in [0.2, 0.25) is 0 Å². The number of halogens is 12. The van der Waals surface area contributed by atoms with Crippen molar-refractivity contribution in [2.45, 2.75) is 30.3 Å². The third-order valence-corrected chi connectivity index (χ3v) is 2.61. The van der Waals surface area contributed by atoms with E-state index in [2.05, 4.69) is 4.52 Å². The van der Waals surface area contributed by atoms with E-state index in [9.17, 15) is 52.7 Å². The summed E-state index contributed by atoms with van der Waals surface area (Å²) in [5.41, 5.74) is 0. The maximum atomic E-state index is 11.8. The van der Waals surface area contributed by atoms with E-state index in [0.717, 1.165) is 0 Å². The second-order valence-electron chi connectivity index (χ2n) is 2.80. The van der Waals surface area contributed by atoms with Crippen molar-refractivity contribution in [2.75, 3.05) is 0 Å². The van der Waals surface area contributed by atoms with Crippen LogP contribution in [-0.2, 0) is 4.52 Å². The monoisotopic (exact) mass is 336 g/mol. The van der Waals surface area contributed by atoms with Gasteiger partial charge in [0.1, 0.15) is 0 Å². The van der Waals surface area contributed by atoms with Gasteiger partial charge in [-0.25, -0.2) is 0 Å². The van der Waals surface area contributed by atoms with Crippen LogP contribution in [-0.4, -0.2) is 30.3 Å². The summed E-state index contributed by atoms with van der Waals surface area (Å²) in [6.07, 6.45) is -18.1. The van der Waals surface area contributed by atoms with Crippen molar-refractivity contribution in [3.63, 3.8) is 0 Å². The molecular formula is C5HF12OP. The standard InChI is InChI=1S/C5HF12OP/c6-2(7,8)1(3(9,10)11)18-19(4(12,13)14)5(15,16)17/h1H. The molecule has 0 heterocycles. The van der Waals surface area contributed by atoms with E-state index in [1.165, 1.54) is 0 Å². The van der Waals surface area contributed by atoms with Crippen LogP contribution >= 0.6 is 8.15 Å². The summed E-state index contributed by atoms with van der Waals surface area (Å²) in [6.45, 7) is 0. The van der Waals surface area contributed by atoms with Gasteiger partial charge in [-0.1, -0.05) is 0 Å². The third kappa shape index (κ3) is 5.59. The molecule has 0 aromatic carbocycles. The van der Waals surface area contributed by atoms with Crippen LogP contribution in [0.1, 0.15) is 0 Å². The Hall–Kier alpha value is -0.450. The van der Waals surface area contributed by atoms with Crippen LogP contribution in [0.5, 0.6) is 0 Å². The van der Waals surface area contributed by atoms with E-state index in [0.29, 0.717) is 0 Å². The van der Waals surface area contributed by atoms with Gasteiger partial charge in [0.25, 0.3) is 14.3 Å². The molecular weight excluding hydrogens is 335 g/mol. The van der Waals surface area contributed by atoms with Gasteiger partial charge in [0, 0.05) is 0 Å². The first-order chi connectivity index (χ1) is 7.97. The zero-order valence-corrected chi connectivity index (χ0v) is 8.86. The van der Waals surface area contributed by atoms with Gasteiger partial charge in [-0.3, -0.25) is 0 Å². The highest BCUT2D eigenvalue weighted by atomic mass is 31.1. The summed E-state index contributed by atoms with van der Waals surface area (Å²) in [6, 6.07) is 0. The molecule has 14 heteroatoms. The van der Waals surface area contributed by atoms with Gasteiger partial charge < -0.3 is 4.52 Å². The summed E-state index contributed by atoms with van der Waals surface area (Å²) in [5, 5.41) is 0. The summed E-state index contributed by atoms with van der Waals surface area (Å²) in [4.78, 5) is 0. The van der Waals surface area contributed by atoms with E-state index < -0.39 is 38.4 Å². The topological polar surface area (TPSA) is 9.23 Å². The molecule has 0 saturated heterocycles. The fourth-order valence-corrected chi connectivity index (χ4v) is 1.65. The van der Waals surface area contributed by atoms with Crippen molar-refractivity contribution in [1.29, 1.82) is 0 Å². The Balaban J connectivity index is 5.43. The van der Waals surface area contributed by atoms with Crippen LogP contribution in [0, 0.1) is 0 Å². The first-order valence-corrected chi connectivity index (χ1v) is 4.97. The molecule has 0 fully saturated rings. The van der Waals surface area contributed by atoms with Crippen molar-refractivity contribution in [3.05, 3.63) is 0 Å². The Bertz CT molecular complexity index is 237. The molecule has 0 amide bonds. The predicted octanol–water partition coefficient (Wildman–Crippen LogP) is 4.93. The Morgan fingerprint density at radius 1 is 0.579 bits per heavy atom. The largest absolute Gasteiger partial charge is 0.439 e. The molecule has 1 nitrogen and oxygen atoms in total. The van der Waals surface area contributed by atoms with Gasteiger partial charge in [-0.05, 0) is 0 Å². The maximum absolute atomic E-state index is 11.8. The van der Waals surface area contributed by atoms with Gasteiger partial charge in [0.2, 0.25) is 0 Å². The van der Waals surface area contributed by atoms with Crippen LogP contribution in [0.15, 0.2) is 0 Å². The van der Waals surface area contributed by atoms with E-state index >= 15 is 0 Å². The molecule has 0 aromatic rings. The molecule has 0 aliphatic heterocycles. The molecule has 0 N–H and O–H groups in total. The van der Waals surface area contributed by atoms with E-state index in [1.807, 2.05) is 0 Å². The zero-order chi connectivity index (χ0) is 15.9. The molecule has 0 unspecified atom stereocenters. The fourth-order valence-electron chi connectivity index (χ4n) is 0.674. The highest BCUT2D eigenvalue weighted by molar-refractivity contribution is 7.54. The first kappa shape index (κ1) is 18.6. The Labute approximate surface area is 96.9 Å². The van der Waals surface area contributed by atoms with Crippen molar-refractivity contribution in [3.8, 4) is 0 Å². The second kappa shape index (κ2) is 5.15. The highest BCUT2D eigenvalue weighted by Gasteiger charge is 2.66. The van der Waals surface area contributed by atoms with Gasteiger partial charge >= 0.3 is 24.2 Å². The summed E-state index contributed by atoms with van der Waals surface area (Å²) >= 11 is 0. The smallest absolute Gasteiger partial charge is 0.322 e. The molecule has 0 aliphatic rings. The minimum atomic E-state index is -6.46. The Morgan fingerprint density at radius 2 is 0.842 bits per heavy atom. The lowest BCUT2D eigenvalue weighted by atomic mass is 10.3. The quantitative estimate of drug-likeness (QED) is 0.513. The average molecular weight is 336 g/mol. The Kier molecular flexibility index (Phi) is 5.03. The fraction of sp³-hybridized carbons (Fsp3) is 1.00. The summed E-state index contributed by atoms with van der Waals surface area (Å²) in [5.74, 6) is -12.8. The lowest BCUT2D eigenvalue weighted by Crippen LogP contribution is -2.44. The molecule has 116 valence electrons. The first-order valence-electron chi connectivity index (χ1n) is 3.71. The molecule has 0 rings (SSSR count). The number of alkyl halides is 12. The van der Waals surface area contributed by atoms with E-state index in [-0.39, 0.29) is 0 Å². The molecule has 19 heavy (non-hydrogen) atoms.